The monoisotopic (exact) mass is 437 g/mol. The lowest BCUT2D eigenvalue weighted by Crippen LogP contribution is -2.43. The Morgan fingerprint density at radius 1 is 1.21 bits per heavy atom. The zero-order chi connectivity index (χ0) is 20.1. The van der Waals surface area contributed by atoms with Gasteiger partial charge in [0.15, 0.2) is 0 Å². The largest absolute Gasteiger partial charge is 0.339 e. The van der Waals surface area contributed by atoms with Crippen molar-refractivity contribution in [1.82, 2.24) is 10.2 Å². The number of fused-ring (bicyclic) bond motifs is 1. The highest BCUT2D eigenvalue weighted by Gasteiger charge is 2.22. The van der Waals surface area contributed by atoms with E-state index in [0.29, 0.717) is 21.4 Å². The van der Waals surface area contributed by atoms with Gasteiger partial charge in [0.2, 0.25) is 5.91 Å². The first-order valence-corrected chi connectivity index (χ1v) is 11.1. The van der Waals surface area contributed by atoms with Gasteiger partial charge in [-0.25, -0.2) is 0 Å². The molecule has 0 bridgehead atoms. The maximum absolute atomic E-state index is 12.8. The molecule has 5 nitrogen and oxygen atoms in total. The fourth-order valence-electron chi connectivity index (χ4n) is 3.21. The summed E-state index contributed by atoms with van der Waals surface area (Å²) in [5, 5.41) is 5.74. The molecule has 1 unspecified atom stereocenters. The Balaban J connectivity index is 1.68. The van der Waals surface area contributed by atoms with Crippen molar-refractivity contribution in [2.45, 2.75) is 25.3 Å². The van der Waals surface area contributed by atoms with Gasteiger partial charge < -0.3 is 15.5 Å². The predicted molar refractivity (Wildman–Crippen MR) is 119 cm³/mol. The summed E-state index contributed by atoms with van der Waals surface area (Å²) in [6.07, 6.45) is 2.42. The van der Waals surface area contributed by atoms with Crippen molar-refractivity contribution < 1.29 is 9.59 Å². The number of likely N-dealkylation sites (N-methyl/N-ethyl adjacent to an activating group) is 1. The van der Waals surface area contributed by atoms with Crippen LogP contribution in [0.3, 0.4) is 0 Å². The first kappa shape index (κ1) is 21.2. The third-order valence-corrected chi connectivity index (χ3v) is 6.32. The first-order chi connectivity index (χ1) is 13.5. The summed E-state index contributed by atoms with van der Waals surface area (Å²) in [4.78, 5) is 28.0. The third kappa shape index (κ3) is 5.50. The molecule has 2 N–H and O–H groups in total. The molecular weight excluding hydrogens is 414 g/mol. The van der Waals surface area contributed by atoms with Crippen molar-refractivity contribution in [3.8, 4) is 0 Å². The summed E-state index contributed by atoms with van der Waals surface area (Å²) in [7, 11) is 2.13. The van der Waals surface area contributed by atoms with Crippen LogP contribution < -0.4 is 10.6 Å². The minimum Gasteiger partial charge on any atom is -0.339 e. The number of benzene rings is 1. The van der Waals surface area contributed by atoms with Crippen LogP contribution in [0.4, 0.5) is 5.69 Å². The highest BCUT2D eigenvalue weighted by atomic mass is 35.5. The van der Waals surface area contributed by atoms with Crippen LogP contribution in [0.25, 0.3) is 0 Å². The average Bonchev–Trinajstić information content (AvgIpc) is 3.02. The van der Waals surface area contributed by atoms with E-state index in [4.69, 9.17) is 11.6 Å². The molecule has 1 atom stereocenters. The van der Waals surface area contributed by atoms with E-state index in [2.05, 4.69) is 41.3 Å². The molecule has 0 aliphatic carbocycles. The Bertz CT molecular complexity index is 856. The Labute approximate surface area is 179 Å². The van der Waals surface area contributed by atoms with Gasteiger partial charge in [0, 0.05) is 18.8 Å². The van der Waals surface area contributed by atoms with Crippen LogP contribution in [-0.2, 0) is 17.6 Å². The summed E-state index contributed by atoms with van der Waals surface area (Å²) in [6, 6.07) is 8.73. The number of hydrogen-bond acceptors (Lipinski definition) is 5. The number of thiophene rings is 1. The van der Waals surface area contributed by atoms with Gasteiger partial charge in [0.25, 0.3) is 5.91 Å². The molecule has 150 valence electrons. The lowest BCUT2D eigenvalue weighted by Gasteiger charge is -2.18. The van der Waals surface area contributed by atoms with E-state index in [9.17, 15) is 9.59 Å². The van der Waals surface area contributed by atoms with Crippen LogP contribution in [0, 0.1) is 0 Å². The zero-order valence-corrected chi connectivity index (χ0v) is 18.2. The van der Waals surface area contributed by atoms with Gasteiger partial charge in [-0.3, -0.25) is 9.59 Å². The molecule has 8 heteroatoms. The second kappa shape index (κ2) is 9.78. The number of nitrogens with zero attached hydrogens (tertiary/aromatic N) is 1. The number of rotatable bonds is 6. The van der Waals surface area contributed by atoms with E-state index < -0.39 is 6.04 Å². The highest BCUT2D eigenvalue weighted by molar-refractivity contribution is 7.80. The molecule has 28 heavy (non-hydrogen) atoms. The molecule has 2 amide bonds. The molecule has 3 rings (SSSR count). The predicted octanol–water partition coefficient (Wildman–Crippen LogP) is 3.49. The van der Waals surface area contributed by atoms with Crippen LogP contribution in [0.5, 0.6) is 0 Å². The smallest absolute Gasteiger partial charge is 0.262 e. The fourth-order valence-corrected chi connectivity index (χ4v) is 4.41. The van der Waals surface area contributed by atoms with Gasteiger partial charge in [0.05, 0.1) is 9.21 Å². The van der Waals surface area contributed by atoms with E-state index >= 15 is 0 Å². The molecular formula is C20H24ClN3O2S2. The van der Waals surface area contributed by atoms with E-state index in [1.165, 1.54) is 22.5 Å². The number of nitrogens with one attached hydrogen (secondary N) is 2. The number of hydrogen-bond donors (Lipinski definition) is 3. The summed E-state index contributed by atoms with van der Waals surface area (Å²) in [5.41, 5.74) is 3.35. The SMILES string of the molecule is CN1CCc2ccc(NC(=O)C(CCS)NC(=O)c3ccc(Cl)s3)cc2CC1. The first-order valence-electron chi connectivity index (χ1n) is 9.24. The second-order valence-corrected chi connectivity index (χ2v) is 9.08. The number of carbonyl (C=O) groups excluding carboxylic acids is 2. The summed E-state index contributed by atoms with van der Waals surface area (Å²) < 4.78 is 0.538. The van der Waals surface area contributed by atoms with Crippen LogP contribution in [0.2, 0.25) is 4.34 Å². The average molecular weight is 438 g/mol. The van der Waals surface area contributed by atoms with Gasteiger partial charge in [-0.2, -0.15) is 12.6 Å². The Hall–Kier alpha value is -1.54. The maximum Gasteiger partial charge on any atom is 0.262 e. The van der Waals surface area contributed by atoms with E-state index in [1.54, 1.807) is 12.1 Å². The minimum atomic E-state index is -0.657. The minimum absolute atomic E-state index is 0.240. The van der Waals surface area contributed by atoms with Gasteiger partial charge in [-0.15, -0.1) is 11.3 Å². The molecule has 1 aromatic heterocycles. The van der Waals surface area contributed by atoms with Crippen LogP contribution in [-0.4, -0.2) is 48.6 Å². The van der Waals surface area contributed by atoms with E-state index in [0.717, 1.165) is 31.6 Å². The van der Waals surface area contributed by atoms with Gasteiger partial charge in [-0.05, 0) is 67.5 Å². The maximum atomic E-state index is 12.8. The highest BCUT2D eigenvalue weighted by Crippen LogP contribution is 2.22. The molecule has 2 aromatic rings. The summed E-state index contributed by atoms with van der Waals surface area (Å²) in [6.45, 7) is 2.05. The van der Waals surface area contributed by atoms with E-state index in [-0.39, 0.29) is 11.8 Å². The molecule has 1 aliphatic rings. The van der Waals surface area contributed by atoms with Crippen molar-refractivity contribution in [2.24, 2.45) is 0 Å². The topological polar surface area (TPSA) is 61.4 Å². The van der Waals surface area contributed by atoms with Crippen molar-refractivity contribution in [3.05, 3.63) is 50.7 Å². The zero-order valence-electron chi connectivity index (χ0n) is 15.7. The van der Waals surface area contributed by atoms with Crippen molar-refractivity contribution in [2.75, 3.05) is 31.2 Å². The molecule has 1 aromatic carbocycles. The number of amides is 2. The Kier molecular flexibility index (Phi) is 7.40. The van der Waals surface area contributed by atoms with Crippen molar-refractivity contribution >= 4 is 53.1 Å². The second-order valence-electron chi connectivity index (χ2n) is 6.92. The quantitative estimate of drug-likeness (QED) is 0.606. The van der Waals surface area contributed by atoms with E-state index in [1.807, 2.05) is 12.1 Å². The van der Waals surface area contributed by atoms with Gasteiger partial charge in [-0.1, -0.05) is 17.7 Å². The molecule has 0 radical (unpaired) electrons. The normalized spacial score (nSPS) is 15.4. The third-order valence-electron chi connectivity index (χ3n) is 4.84. The molecule has 0 spiro atoms. The lowest BCUT2D eigenvalue weighted by atomic mass is 10.0. The fraction of sp³-hybridized carbons (Fsp3) is 0.400. The van der Waals surface area contributed by atoms with Gasteiger partial charge >= 0.3 is 0 Å². The van der Waals surface area contributed by atoms with Crippen LogP contribution >= 0.6 is 35.6 Å². The van der Waals surface area contributed by atoms with Gasteiger partial charge in [0.1, 0.15) is 6.04 Å². The number of halogens is 1. The molecule has 0 saturated carbocycles. The van der Waals surface area contributed by atoms with Crippen molar-refractivity contribution in [1.29, 1.82) is 0 Å². The molecule has 1 aliphatic heterocycles. The summed E-state index contributed by atoms with van der Waals surface area (Å²) in [5.74, 6) is -0.0559. The van der Waals surface area contributed by atoms with Crippen molar-refractivity contribution in [3.63, 3.8) is 0 Å². The molecule has 0 fully saturated rings. The Morgan fingerprint density at radius 2 is 1.96 bits per heavy atom. The van der Waals surface area contributed by atoms with Crippen LogP contribution in [0.15, 0.2) is 30.3 Å². The lowest BCUT2D eigenvalue weighted by molar-refractivity contribution is -0.118. The number of carbonyl (C=O) groups is 2. The molecule has 2 heterocycles. The number of anilines is 1. The van der Waals surface area contributed by atoms with Crippen LogP contribution in [0.1, 0.15) is 27.2 Å². The molecule has 0 saturated heterocycles. The Morgan fingerprint density at radius 3 is 2.64 bits per heavy atom. The standard InChI is InChI=1S/C20H24ClN3O2S2/c1-24-9-6-13-2-3-15(12-14(13)7-10-24)22-19(25)16(8-11-27)23-20(26)17-4-5-18(21)28-17/h2-5,12,16,27H,6-11H2,1H3,(H,22,25)(H,23,26). The number of thiol groups is 1. The summed E-state index contributed by atoms with van der Waals surface area (Å²) >= 11 is 11.3.